The van der Waals surface area contributed by atoms with E-state index in [0.29, 0.717) is 6.61 Å². The van der Waals surface area contributed by atoms with Gasteiger partial charge >= 0.3 is 0 Å². The summed E-state index contributed by atoms with van der Waals surface area (Å²) in [6.07, 6.45) is 0.295. The van der Waals surface area contributed by atoms with Crippen molar-refractivity contribution in [3.63, 3.8) is 0 Å². The zero-order valence-electron chi connectivity index (χ0n) is 9.85. The van der Waals surface area contributed by atoms with Crippen molar-refractivity contribution < 1.29 is 14.6 Å². The summed E-state index contributed by atoms with van der Waals surface area (Å²) in [5.74, 6) is -0.182. The Morgan fingerprint density at radius 1 is 1.59 bits per heavy atom. The van der Waals surface area contributed by atoms with Crippen molar-refractivity contribution in [2.45, 2.75) is 25.5 Å². The van der Waals surface area contributed by atoms with Crippen LogP contribution in [0.4, 0.5) is 0 Å². The third-order valence-electron chi connectivity index (χ3n) is 2.89. The second kappa shape index (κ2) is 5.29. The number of fused-ring (bicyclic) bond motifs is 1. The molecule has 92 valence electrons. The van der Waals surface area contributed by atoms with E-state index in [4.69, 9.17) is 9.84 Å². The molecule has 1 aromatic rings. The zero-order valence-corrected chi connectivity index (χ0v) is 9.85. The molecule has 4 nitrogen and oxygen atoms in total. The average molecular weight is 235 g/mol. The highest BCUT2D eigenvalue weighted by Gasteiger charge is 2.27. The van der Waals surface area contributed by atoms with E-state index in [1.54, 1.807) is 6.92 Å². The van der Waals surface area contributed by atoms with Gasteiger partial charge in [-0.15, -0.1) is 0 Å². The molecule has 1 aliphatic heterocycles. The first-order chi connectivity index (χ1) is 8.22. The molecule has 2 N–H and O–H groups in total. The number of aliphatic hydroxyl groups is 1. The lowest BCUT2D eigenvalue weighted by Crippen LogP contribution is -2.40. The van der Waals surface area contributed by atoms with Crippen LogP contribution in [0.5, 0.6) is 0 Å². The van der Waals surface area contributed by atoms with Crippen molar-refractivity contribution in [1.29, 1.82) is 0 Å². The van der Waals surface area contributed by atoms with Crippen LogP contribution in [0.25, 0.3) is 0 Å². The molecule has 0 aliphatic carbocycles. The van der Waals surface area contributed by atoms with Crippen LogP contribution in [0.1, 0.15) is 24.2 Å². The summed E-state index contributed by atoms with van der Waals surface area (Å²) in [4.78, 5) is 12.0. The number of benzene rings is 1. The second-order valence-electron chi connectivity index (χ2n) is 4.29. The van der Waals surface area contributed by atoms with Gasteiger partial charge in [0.15, 0.2) is 6.10 Å². The largest absolute Gasteiger partial charge is 0.394 e. The Hall–Kier alpha value is -1.39. The van der Waals surface area contributed by atoms with Gasteiger partial charge in [0.25, 0.3) is 5.91 Å². The van der Waals surface area contributed by atoms with Gasteiger partial charge in [-0.25, -0.2) is 0 Å². The predicted molar refractivity (Wildman–Crippen MR) is 63.5 cm³/mol. The molecule has 0 fully saturated rings. The molecule has 0 bridgehead atoms. The Labute approximate surface area is 101 Å². The monoisotopic (exact) mass is 235 g/mol. The van der Waals surface area contributed by atoms with Crippen LogP contribution in [0.3, 0.4) is 0 Å². The molecule has 2 atom stereocenters. The quantitative estimate of drug-likeness (QED) is 0.814. The molecule has 1 aromatic carbocycles. The molecule has 2 unspecified atom stereocenters. The minimum Gasteiger partial charge on any atom is -0.394 e. The molecule has 1 amide bonds. The standard InChI is InChI=1S/C13H17NO3/c1-9(8-15)14-13(16)12-11-5-3-2-4-10(11)6-7-17-12/h2-5,9,12,15H,6-8H2,1H3,(H,14,16). The maximum absolute atomic E-state index is 12.0. The Morgan fingerprint density at radius 2 is 2.35 bits per heavy atom. The van der Waals surface area contributed by atoms with Crippen molar-refractivity contribution in [3.05, 3.63) is 35.4 Å². The average Bonchev–Trinajstić information content (AvgIpc) is 2.37. The lowest BCUT2D eigenvalue weighted by molar-refractivity contribution is -0.135. The molecule has 17 heavy (non-hydrogen) atoms. The van der Waals surface area contributed by atoms with Crippen LogP contribution < -0.4 is 5.32 Å². The highest BCUT2D eigenvalue weighted by molar-refractivity contribution is 5.83. The van der Waals surface area contributed by atoms with Gasteiger partial charge in [-0.05, 0) is 24.5 Å². The number of carbonyl (C=O) groups excluding carboxylic acids is 1. The fourth-order valence-corrected chi connectivity index (χ4v) is 1.98. The molecule has 1 aliphatic rings. The van der Waals surface area contributed by atoms with E-state index in [1.165, 1.54) is 0 Å². The molecular weight excluding hydrogens is 218 g/mol. The number of amides is 1. The van der Waals surface area contributed by atoms with Crippen LogP contribution >= 0.6 is 0 Å². The van der Waals surface area contributed by atoms with Gasteiger partial charge in [0, 0.05) is 6.04 Å². The summed E-state index contributed by atoms with van der Waals surface area (Å²) in [6, 6.07) is 7.56. The Kier molecular flexibility index (Phi) is 3.76. The minimum absolute atomic E-state index is 0.0693. The third-order valence-corrected chi connectivity index (χ3v) is 2.89. The molecule has 0 spiro atoms. The number of nitrogens with one attached hydrogen (secondary N) is 1. The van der Waals surface area contributed by atoms with E-state index in [9.17, 15) is 4.79 Å². The van der Waals surface area contributed by atoms with Crippen LogP contribution in [0, 0.1) is 0 Å². The number of ether oxygens (including phenoxy) is 1. The van der Waals surface area contributed by atoms with E-state index in [0.717, 1.165) is 17.5 Å². The highest BCUT2D eigenvalue weighted by atomic mass is 16.5. The van der Waals surface area contributed by atoms with E-state index in [2.05, 4.69) is 5.32 Å². The SMILES string of the molecule is CC(CO)NC(=O)C1OCCc2ccccc21. The van der Waals surface area contributed by atoms with E-state index < -0.39 is 6.10 Å². The Morgan fingerprint density at radius 3 is 3.12 bits per heavy atom. The molecule has 0 radical (unpaired) electrons. The Balaban J connectivity index is 2.15. The van der Waals surface area contributed by atoms with Crippen molar-refractivity contribution >= 4 is 5.91 Å². The third kappa shape index (κ3) is 2.65. The van der Waals surface area contributed by atoms with Gasteiger partial charge in [0.2, 0.25) is 0 Å². The molecule has 0 aromatic heterocycles. The lowest BCUT2D eigenvalue weighted by atomic mass is 9.97. The number of aliphatic hydroxyl groups excluding tert-OH is 1. The summed E-state index contributed by atoms with van der Waals surface area (Å²) in [5, 5.41) is 11.6. The second-order valence-corrected chi connectivity index (χ2v) is 4.29. The summed E-state index contributed by atoms with van der Waals surface area (Å²) in [6.45, 7) is 2.25. The molecule has 4 heteroatoms. The fourth-order valence-electron chi connectivity index (χ4n) is 1.98. The zero-order chi connectivity index (χ0) is 12.3. The van der Waals surface area contributed by atoms with Gasteiger partial charge in [-0.3, -0.25) is 4.79 Å². The van der Waals surface area contributed by atoms with Gasteiger partial charge in [0.1, 0.15) is 0 Å². The van der Waals surface area contributed by atoms with Gasteiger partial charge < -0.3 is 15.2 Å². The smallest absolute Gasteiger partial charge is 0.254 e. The lowest BCUT2D eigenvalue weighted by Gasteiger charge is -2.26. The molecule has 2 rings (SSSR count). The summed E-state index contributed by atoms with van der Waals surface area (Å²) in [5.41, 5.74) is 2.09. The van der Waals surface area contributed by atoms with E-state index >= 15 is 0 Å². The van der Waals surface area contributed by atoms with E-state index in [1.807, 2.05) is 24.3 Å². The topological polar surface area (TPSA) is 58.6 Å². The fraction of sp³-hybridized carbons (Fsp3) is 0.462. The van der Waals surface area contributed by atoms with Crippen molar-refractivity contribution in [2.24, 2.45) is 0 Å². The number of rotatable bonds is 3. The first-order valence-electron chi connectivity index (χ1n) is 5.83. The Bertz CT molecular complexity index is 405. The summed E-state index contributed by atoms with van der Waals surface area (Å²) in [7, 11) is 0. The maximum Gasteiger partial charge on any atom is 0.254 e. The minimum atomic E-state index is -0.547. The van der Waals surface area contributed by atoms with Crippen LogP contribution in [0.15, 0.2) is 24.3 Å². The highest BCUT2D eigenvalue weighted by Crippen LogP contribution is 2.26. The van der Waals surface area contributed by atoms with Gasteiger partial charge in [0.05, 0.1) is 13.2 Å². The molecule has 0 saturated heterocycles. The maximum atomic E-state index is 12.0. The van der Waals surface area contributed by atoms with Crippen molar-refractivity contribution in [3.8, 4) is 0 Å². The number of hydrogen-bond acceptors (Lipinski definition) is 3. The van der Waals surface area contributed by atoms with Gasteiger partial charge in [-0.2, -0.15) is 0 Å². The van der Waals surface area contributed by atoms with Crippen LogP contribution in [-0.2, 0) is 16.0 Å². The molecule has 1 heterocycles. The van der Waals surface area contributed by atoms with Gasteiger partial charge in [-0.1, -0.05) is 24.3 Å². The first kappa shape index (κ1) is 12.1. The number of carbonyl (C=O) groups is 1. The summed E-state index contributed by atoms with van der Waals surface area (Å²) < 4.78 is 5.52. The van der Waals surface area contributed by atoms with Crippen LogP contribution in [-0.4, -0.2) is 30.3 Å². The molecule has 0 saturated carbocycles. The summed E-state index contributed by atoms with van der Waals surface area (Å²) >= 11 is 0. The normalized spacial score (nSPS) is 20.5. The van der Waals surface area contributed by atoms with Crippen LogP contribution in [0.2, 0.25) is 0 Å². The predicted octanol–water partition coefficient (Wildman–Crippen LogP) is 0.797. The van der Waals surface area contributed by atoms with E-state index in [-0.39, 0.29) is 18.6 Å². The number of hydrogen-bond donors (Lipinski definition) is 2. The van der Waals surface area contributed by atoms with Crippen molar-refractivity contribution in [1.82, 2.24) is 5.32 Å². The molecular formula is C13H17NO3. The first-order valence-corrected chi connectivity index (χ1v) is 5.83. The van der Waals surface area contributed by atoms with Crippen molar-refractivity contribution in [2.75, 3.05) is 13.2 Å².